The first-order valence-corrected chi connectivity index (χ1v) is 7.02. The highest BCUT2D eigenvalue weighted by Crippen LogP contribution is 2.33. The SMILES string of the molecule is CCC(CC)N(CCO)C(=O)c1ccc2c(c1)OCO2. The third-order valence-corrected chi connectivity index (χ3v) is 3.60. The highest BCUT2D eigenvalue weighted by molar-refractivity contribution is 5.95. The number of benzene rings is 1. The highest BCUT2D eigenvalue weighted by Gasteiger charge is 2.24. The number of rotatable bonds is 6. The third kappa shape index (κ3) is 2.88. The molecule has 0 spiro atoms. The topological polar surface area (TPSA) is 59.0 Å². The van der Waals surface area contributed by atoms with Crippen molar-refractivity contribution in [2.24, 2.45) is 0 Å². The van der Waals surface area contributed by atoms with Gasteiger partial charge < -0.3 is 19.5 Å². The van der Waals surface area contributed by atoms with Gasteiger partial charge in [0, 0.05) is 18.2 Å². The average molecular weight is 279 g/mol. The standard InChI is InChI=1S/C15H21NO4/c1-3-12(4-2)16(7-8-17)15(18)11-5-6-13-14(9-11)20-10-19-13/h5-6,9,12,17H,3-4,7-8,10H2,1-2H3. The zero-order valence-corrected chi connectivity index (χ0v) is 12.0. The maximum absolute atomic E-state index is 12.6. The van der Waals surface area contributed by atoms with Crippen LogP contribution in [-0.4, -0.2) is 41.9 Å². The number of aliphatic hydroxyl groups is 1. The van der Waals surface area contributed by atoms with E-state index in [0.29, 0.717) is 23.6 Å². The molecular weight excluding hydrogens is 258 g/mol. The van der Waals surface area contributed by atoms with Gasteiger partial charge in [-0.2, -0.15) is 0 Å². The fraction of sp³-hybridized carbons (Fsp3) is 0.533. The van der Waals surface area contributed by atoms with Gasteiger partial charge in [-0.1, -0.05) is 13.8 Å². The van der Waals surface area contributed by atoms with Gasteiger partial charge in [-0.3, -0.25) is 4.79 Å². The van der Waals surface area contributed by atoms with Gasteiger partial charge in [-0.15, -0.1) is 0 Å². The first-order valence-electron chi connectivity index (χ1n) is 7.02. The van der Waals surface area contributed by atoms with E-state index < -0.39 is 0 Å². The van der Waals surface area contributed by atoms with Gasteiger partial charge in [0.25, 0.3) is 5.91 Å². The summed E-state index contributed by atoms with van der Waals surface area (Å²) < 4.78 is 10.5. The molecule has 0 atom stereocenters. The number of nitrogens with zero attached hydrogens (tertiary/aromatic N) is 1. The molecular formula is C15H21NO4. The lowest BCUT2D eigenvalue weighted by Gasteiger charge is -2.30. The van der Waals surface area contributed by atoms with E-state index in [-0.39, 0.29) is 25.3 Å². The molecule has 1 aromatic carbocycles. The number of ether oxygens (including phenoxy) is 2. The van der Waals surface area contributed by atoms with Crippen molar-refractivity contribution in [1.29, 1.82) is 0 Å². The normalized spacial score (nSPS) is 12.8. The molecule has 1 heterocycles. The van der Waals surface area contributed by atoms with Crippen LogP contribution >= 0.6 is 0 Å². The van der Waals surface area contributed by atoms with Crippen LogP contribution in [0.1, 0.15) is 37.0 Å². The lowest BCUT2D eigenvalue weighted by molar-refractivity contribution is 0.0622. The summed E-state index contributed by atoms with van der Waals surface area (Å²) in [6.45, 7) is 4.60. The largest absolute Gasteiger partial charge is 0.454 e. The van der Waals surface area contributed by atoms with Crippen LogP contribution < -0.4 is 9.47 Å². The van der Waals surface area contributed by atoms with Crippen molar-refractivity contribution in [3.8, 4) is 11.5 Å². The van der Waals surface area contributed by atoms with Crippen molar-refractivity contribution in [2.75, 3.05) is 19.9 Å². The van der Waals surface area contributed by atoms with Gasteiger partial charge in [0.1, 0.15) is 0 Å². The Morgan fingerprint density at radius 3 is 2.65 bits per heavy atom. The number of fused-ring (bicyclic) bond motifs is 1. The minimum atomic E-state index is -0.0777. The van der Waals surface area contributed by atoms with Crippen molar-refractivity contribution in [1.82, 2.24) is 4.90 Å². The Labute approximate surface area is 119 Å². The number of hydrogen-bond donors (Lipinski definition) is 1. The predicted octanol–water partition coefficient (Wildman–Crippen LogP) is 2.04. The van der Waals surface area contributed by atoms with E-state index in [4.69, 9.17) is 9.47 Å². The molecule has 0 saturated carbocycles. The van der Waals surface area contributed by atoms with Crippen molar-refractivity contribution in [3.05, 3.63) is 23.8 Å². The van der Waals surface area contributed by atoms with Crippen LogP contribution in [0.2, 0.25) is 0 Å². The molecule has 0 fully saturated rings. The molecule has 1 aliphatic rings. The molecule has 110 valence electrons. The quantitative estimate of drug-likeness (QED) is 0.865. The first-order chi connectivity index (χ1) is 9.71. The maximum atomic E-state index is 12.6. The molecule has 0 aromatic heterocycles. The highest BCUT2D eigenvalue weighted by atomic mass is 16.7. The summed E-state index contributed by atoms with van der Waals surface area (Å²) in [6, 6.07) is 5.33. The molecule has 0 saturated heterocycles. The average Bonchev–Trinajstić information content (AvgIpc) is 2.94. The number of aliphatic hydroxyl groups excluding tert-OH is 1. The monoisotopic (exact) mass is 279 g/mol. The van der Waals surface area contributed by atoms with E-state index in [1.165, 1.54) is 0 Å². The third-order valence-electron chi connectivity index (χ3n) is 3.60. The van der Waals surface area contributed by atoms with Gasteiger partial charge in [0.05, 0.1) is 6.61 Å². The Bertz CT molecular complexity index is 471. The van der Waals surface area contributed by atoms with Crippen LogP contribution in [0.5, 0.6) is 11.5 Å². The molecule has 1 aromatic rings. The molecule has 0 radical (unpaired) electrons. The smallest absolute Gasteiger partial charge is 0.254 e. The molecule has 1 aliphatic heterocycles. The number of carbonyl (C=O) groups is 1. The molecule has 0 unspecified atom stereocenters. The summed E-state index contributed by atoms with van der Waals surface area (Å²) in [5, 5.41) is 9.19. The van der Waals surface area contributed by atoms with Gasteiger partial charge in [-0.05, 0) is 31.0 Å². The fourth-order valence-electron chi connectivity index (χ4n) is 2.48. The molecule has 2 rings (SSSR count). The Hall–Kier alpha value is -1.75. The van der Waals surface area contributed by atoms with Crippen LogP contribution in [0.4, 0.5) is 0 Å². The summed E-state index contributed by atoms with van der Waals surface area (Å²) >= 11 is 0. The van der Waals surface area contributed by atoms with Crippen molar-refractivity contribution in [2.45, 2.75) is 32.7 Å². The number of amides is 1. The molecule has 5 heteroatoms. The van der Waals surface area contributed by atoms with Gasteiger partial charge in [-0.25, -0.2) is 0 Å². The Morgan fingerprint density at radius 2 is 2.00 bits per heavy atom. The minimum Gasteiger partial charge on any atom is -0.454 e. The van der Waals surface area contributed by atoms with Gasteiger partial charge in [0.15, 0.2) is 11.5 Å². The summed E-state index contributed by atoms with van der Waals surface area (Å²) in [5.74, 6) is 1.19. The molecule has 20 heavy (non-hydrogen) atoms. The molecule has 1 N–H and O–H groups in total. The summed E-state index contributed by atoms with van der Waals surface area (Å²) in [5.41, 5.74) is 0.564. The van der Waals surface area contributed by atoms with E-state index in [2.05, 4.69) is 0 Å². The summed E-state index contributed by atoms with van der Waals surface area (Å²) in [4.78, 5) is 14.3. The lowest BCUT2D eigenvalue weighted by atomic mass is 10.1. The van der Waals surface area contributed by atoms with E-state index in [0.717, 1.165) is 12.8 Å². The minimum absolute atomic E-state index is 0.0349. The zero-order chi connectivity index (χ0) is 14.5. The summed E-state index contributed by atoms with van der Waals surface area (Å²) in [6.07, 6.45) is 1.74. The van der Waals surface area contributed by atoms with E-state index in [9.17, 15) is 9.90 Å². The second-order valence-electron chi connectivity index (χ2n) is 4.76. The van der Waals surface area contributed by atoms with Crippen LogP contribution in [0, 0.1) is 0 Å². The van der Waals surface area contributed by atoms with Gasteiger partial charge >= 0.3 is 0 Å². The van der Waals surface area contributed by atoms with Crippen LogP contribution in [0.3, 0.4) is 0 Å². The summed E-state index contributed by atoms with van der Waals surface area (Å²) in [7, 11) is 0. The van der Waals surface area contributed by atoms with Crippen LogP contribution in [0.15, 0.2) is 18.2 Å². The lowest BCUT2D eigenvalue weighted by Crippen LogP contribution is -2.41. The van der Waals surface area contributed by atoms with Crippen LogP contribution in [0.25, 0.3) is 0 Å². The van der Waals surface area contributed by atoms with E-state index in [1.807, 2.05) is 13.8 Å². The van der Waals surface area contributed by atoms with Crippen LogP contribution in [-0.2, 0) is 0 Å². The Balaban J connectivity index is 2.22. The Morgan fingerprint density at radius 1 is 1.30 bits per heavy atom. The van der Waals surface area contributed by atoms with Crippen molar-refractivity contribution < 1.29 is 19.4 Å². The van der Waals surface area contributed by atoms with E-state index in [1.54, 1.807) is 23.1 Å². The molecule has 5 nitrogen and oxygen atoms in total. The maximum Gasteiger partial charge on any atom is 0.254 e. The number of hydrogen-bond acceptors (Lipinski definition) is 4. The second-order valence-corrected chi connectivity index (χ2v) is 4.76. The zero-order valence-electron chi connectivity index (χ0n) is 12.0. The fourth-order valence-corrected chi connectivity index (χ4v) is 2.48. The first kappa shape index (κ1) is 14.7. The number of carbonyl (C=O) groups excluding carboxylic acids is 1. The molecule has 0 bridgehead atoms. The molecule has 1 amide bonds. The second kappa shape index (κ2) is 6.61. The predicted molar refractivity (Wildman–Crippen MR) is 75.1 cm³/mol. The Kier molecular flexibility index (Phi) is 4.84. The van der Waals surface area contributed by atoms with E-state index >= 15 is 0 Å². The molecule has 0 aliphatic carbocycles. The van der Waals surface area contributed by atoms with Crippen molar-refractivity contribution in [3.63, 3.8) is 0 Å². The van der Waals surface area contributed by atoms with Gasteiger partial charge in [0.2, 0.25) is 6.79 Å². The van der Waals surface area contributed by atoms with Crippen molar-refractivity contribution >= 4 is 5.91 Å².